The summed E-state index contributed by atoms with van der Waals surface area (Å²) in [5, 5.41) is 11.7. The standard InChI is InChI=1S/C30H31BrN4O8S/c1-5-42-24-16-21(31)20(15-23(24)40-4)27-26(29(37)43-6-2)17(3)32-30-34(27)28(36)25(44-30)14-18-13-19(35(38)39)7-8-22(18)33-9-11-41-12-10-33/h7-8,13-16,27H,5-6,9-12H2,1-4H3/b25-14+/t27-/m1/s1. The highest BCUT2D eigenvalue weighted by atomic mass is 79.9. The number of nitro groups is 1. The number of anilines is 1. The molecule has 1 fully saturated rings. The Labute approximate surface area is 265 Å². The summed E-state index contributed by atoms with van der Waals surface area (Å²) in [5.41, 5.74) is 1.96. The van der Waals surface area contributed by atoms with Gasteiger partial charge in [0.25, 0.3) is 11.2 Å². The molecule has 3 aromatic rings. The van der Waals surface area contributed by atoms with E-state index < -0.39 is 22.5 Å². The number of carbonyl (C=O) groups excluding carboxylic acids is 1. The third-order valence-electron chi connectivity index (χ3n) is 7.25. The molecule has 2 aliphatic rings. The molecule has 0 radical (unpaired) electrons. The molecular formula is C30H31BrN4O8S. The molecular weight excluding hydrogens is 656 g/mol. The third kappa shape index (κ3) is 6.01. The summed E-state index contributed by atoms with van der Waals surface area (Å²) in [6.07, 6.45) is 1.65. The van der Waals surface area contributed by atoms with Gasteiger partial charge in [-0.1, -0.05) is 27.3 Å². The number of halogens is 1. The Morgan fingerprint density at radius 3 is 2.61 bits per heavy atom. The number of esters is 1. The van der Waals surface area contributed by atoms with E-state index in [4.69, 9.17) is 18.9 Å². The van der Waals surface area contributed by atoms with Crippen LogP contribution in [0.2, 0.25) is 0 Å². The van der Waals surface area contributed by atoms with Crippen LogP contribution >= 0.6 is 27.3 Å². The first-order valence-electron chi connectivity index (χ1n) is 14.0. The van der Waals surface area contributed by atoms with Crippen molar-refractivity contribution in [2.75, 3.05) is 51.5 Å². The summed E-state index contributed by atoms with van der Waals surface area (Å²) < 4.78 is 24.6. The Bertz CT molecular complexity index is 1830. The lowest BCUT2D eigenvalue weighted by Crippen LogP contribution is -2.40. The maximum atomic E-state index is 14.2. The van der Waals surface area contributed by atoms with Gasteiger partial charge in [-0.15, -0.1) is 0 Å². The SMILES string of the molecule is CCOC(=O)C1=C(C)N=c2s/c(=C/c3cc([N+](=O)[O-])ccc3N3CCOCC3)c(=O)n2[C@@H]1c1cc(OC)c(OCC)cc1Br. The van der Waals surface area contributed by atoms with Crippen LogP contribution in [0.4, 0.5) is 11.4 Å². The molecule has 0 aliphatic carbocycles. The number of rotatable bonds is 9. The van der Waals surface area contributed by atoms with E-state index in [2.05, 4.69) is 25.8 Å². The van der Waals surface area contributed by atoms with Gasteiger partial charge in [-0.2, -0.15) is 0 Å². The monoisotopic (exact) mass is 686 g/mol. The average Bonchev–Trinajstić information content (AvgIpc) is 3.31. The molecule has 0 saturated carbocycles. The molecule has 1 saturated heterocycles. The number of nitrogens with zero attached hydrogens (tertiary/aromatic N) is 4. The van der Waals surface area contributed by atoms with Gasteiger partial charge in [0, 0.05) is 40.9 Å². The topological polar surface area (TPSA) is 135 Å². The van der Waals surface area contributed by atoms with Crippen LogP contribution in [0.25, 0.3) is 6.08 Å². The predicted molar refractivity (Wildman–Crippen MR) is 168 cm³/mol. The molecule has 14 heteroatoms. The van der Waals surface area contributed by atoms with Crippen molar-refractivity contribution in [3.8, 4) is 11.5 Å². The van der Waals surface area contributed by atoms with Crippen LogP contribution in [0.5, 0.6) is 11.5 Å². The molecule has 0 unspecified atom stereocenters. The predicted octanol–water partition coefficient (Wildman–Crippen LogP) is 3.71. The van der Waals surface area contributed by atoms with Crippen molar-refractivity contribution in [1.29, 1.82) is 0 Å². The van der Waals surface area contributed by atoms with Gasteiger partial charge in [0.15, 0.2) is 16.3 Å². The number of ether oxygens (including phenoxy) is 4. The van der Waals surface area contributed by atoms with Crippen LogP contribution in [0.1, 0.15) is 37.9 Å². The minimum atomic E-state index is -0.907. The fraction of sp³-hybridized carbons (Fsp3) is 0.367. The molecule has 2 aliphatic heterocycles. The van der Waals surface area contributed by atoms with E-state index in [-0.39, 0.29) is 17.9 Å². The lowest BCUT2D eigenvalue weighted by atomic mass is 9.95. The number of methoxy groups -OCH3 is 1. The van der Waals surface area contributed by atoms with Crippen molar-refractivity contribution in [3.63, 3.8) is 0 Å². The molecule has 232 valence electrons. The van der Waals surface area contributed by atoms with Gasteiger partial charge in [-0.25, -0.2) is 9.79 Å². The molecule has 2 aromatic carbocycles. The van der Waals surface area contributed by atoms with Gasteiger partial charge in [0.2, 0.25) is 0 Å². The molecule has 5 rings (SSSR count). The highest BCUT2D eigenvalue weighted by molar-refractivity contribution is 9.10. The summed E-state index contributed by atoms with van der Waals surface area (Å²) in [6, 6.07) is 7.17. The van der Waals surface area contributed by atoms with E-state index in [1.807, 2.05) is 6.92 Å². The summed E-state index contributed by atoms with van der Waals surface area (Å²) in [6.45, 7) is 8.07. The van der Waals surface area contributed by atoms with E-state index in [1.54, 1.807) is 38.1 Å². The van der Waals surface area contributed by atoms with E-state index in [9.17, 15) is 19.7 Å². The lowest BCUT2D eigenvalue weighted by molar-refractivity contribution is -0.384. The van der Waals surface area contributed by atoms with Gasteiger partial charge < -0.3 is 23.8 Å². The second-order valence-electron chi connectivity index (χ2n) is 9.86. The number of benzene rings is 2. The quantitative estimate of drug-likeness (QED) is 0.188. The van der Waals surface area contributed by atoms with Crippen molar-refractivity contribution < 1.29 is 28.7 Å². The van der Waals surface area contributed by atoms with Crippen molar-refractivity contribution in [2.24, 2.45) is 4.99 Å². The Balaban J connectivity index is 1.75. The number of thiazole rings is 1. The number of hydrogen-bond acceptors (Lipinski definition) is 11. The fourth-order valence-electron chi connectivity index (χ4n) is 5.28. The van der Waals surface area contributed by atoms with Gasteiger partial charge in [-0.3, -0.25) is 19.5 Å². The third-order valence-corrected chi connectivity index (χ3v) is 8.92. The Kier molecular flexibility index (Phi) is 9.51. The van der Waals surface area contributed by atoms with E-state index in [1.165, 1.54) is 23.8 Å². The van der Waals surface area contributed by atoms with Crippen LogP contribution < -0.4 is 29.3 Å². The normalized spacial score (nSPS) is 16.8. The molecule has 1 aromatic heterocycles. The highest BCUT2D eigenvalue weighted by Gasteiger charge is 2.35. The summed E-state index contributed by atoms with van der Waals surface area (Å²) >= 11 is 4.76. The van der Waals surface area contributed by atoms with E-state index in [0.717, 1.165) is 17.0 Å². The van der Waals surface area contributed by atoms with Crippen LogP contribution in [-0.4, -0.2) is 62.1 Å². The van der Waals surface area contributed by atoms with Crippen LogP contribution in [-0.2, 0) is 14.3 Å². The summed E-state index contributed by atoms with van der Waals surface area (Å²) in [4.78, 5) is 45.9. The number of hydrogen-bond donors (Lipinski definition) is 0. The molecule has 0 N–H and O–H groups in total. The molecule has 0 bridgehead atoms. The van der Waals surface area contributed by atoms with Crippen LogP contribution in [0, 0.1) is 10.1 Å². The molecule has 0 spiro atoms. The first-order chi connectivity index (χ1) is 21.2. The number of nitro benzene ring substituents is 1. The second-order valence-corrected chi connectivity index (χ2v) is 11.7. The Morgan fingerprint density at radius 2 is 1.95 bits per heavy atom. The van der Waals surface area contributed by atoms with Crippen molar-refractivity contribution >= 4 is 50.7 Å². The summed E-state index contributed by atoms with van der Waals surface area (Å²) in [7, 11) is 1.51. The summed E-state index contributed by atoms with van der Waals surface area (Å²) in [5.74, 6) is 0.329. The smallest absolute Gasteiger partial charge is 0.338 e. The number of fused-ring (bicyclic) bond motifs is 1. The first-order valence-corrected chi connectivity index (χ1v) is 15.6. The molecule has 12 nitrogen and oxygen atoms in total. The van der Waals surface area contributed by atoms with Gasteiger partial charge >= 0.3 is 5.97 Å². The molecule has 44 heavy (non-hydrogen) atoms. The van der Waals surface area contributed by atoms with Gasteiger partial charge in [-0.05, 0) is 50.6 Å². The van der Waals surface area contributed by atoms with Crippen molar-refractivity contribution in [3.05, 3.63) is 87.0 Å². The number of aromatic nitrogens is 1. The zero-order valence-electron chi connectivity index (χ0n) is 24.6. The van der Waals surface area contributed by atoms with Gasteiger partial charge in [0.1, 0.15) is 0 Å². The van der Waals surface area contributed by atoms with Crippen LogP contribution in [0.3, 0.4) is 0 Å². The number of allylic oxidation sites excluding steroid dienone is 1. The molecule has 0 amide bonds. The second kappa shape index (κ2) is 13.3. The molecule has 1 atom stereocenters. The number of morpholine rings is 1. The maximum Gasteiger partial charge on any atom is 0.338 e. The largest absolute Gasteiger partial charge is 0.493 e. The minimum Gasteiger partial charge on any atom is -0.493 e. The zero-order chi connectivity index (χ0) is 31.5. The zero-order valence-corrected chi connectivity index (χ0v) is 27.0. The Hall–Kier alpha value is -4.01. The lowest BCUT2D eigenvalue weighted by Gasteiger charge is -2.30. The van der Waals surface area contributed by atoms with E-state index in [0.29, 0.717) is 75.0 Å². The van der Waals surface area contributed by atoms with Crippen molar-refractivity contribution in [2.45, 2.75) is 26.8 Å². The maximum absolute atomic E-state index is 14.2. The first kappa shape index (κ1) is 31.4. The fourth-order valence-corrected chi connectivity index (χ4v) is 6.86. The van der Waals surface area contributed by atoms with E-state index >= 15 is 0 Å². The highest BCUT2D eigenvalue weighted by Crippen LogP contribution is 2.41. The molecule has 3 heterocycles. The number of non-ortho nitro benzene ring substituents is 1. The Morgan fingerprint density at radius 1 is 1.20 bits per heavy atom. The van der Waals surface area contributed by atoms with Crippen molar-refractivity contribution in [1.82, 2.24) is 4.57 Å². The van der Waals surface area contributed by atoms with Gasteiger partial charge in [0.05, 0.1) is 60.3 Å². The average molecular weight is 688 g/mol. The van der Waals surface area contributed by atoms with Crippen LogP contribution in [0.15, 0.2) is 55.9 Å². The minimum absolute atomic E-state index is 0.0928. The number of carbonyl (C=O) groups is 1.